The normalized spacial score (nSPS) is 14.2. The van der Waals surface area contributed by atoms with Crippen LogP contribution in [0.25, 0.3) is 10.2 Å². The average molecular weight is 295 g/mol. The van der Waals surface area contributed by atoms with Crippen LogP contribution in [0.3, 0.4) is 0 Å². The van der Waals surface area contributed by atoms with Gasteiger partial charge in [0.1, 0.15) is 10.6 Å². The van der Waals surface area contributed by atoms with Gasteiger partial charge < -0.3 is 10.4 Å². The third kappa shape index (κ3) is 3.36. The Hall–Kier alpha value is -1.44. The molecule has 6 nitrogen and oxygen atoms in total. The van der Waals surface area contributed by atoms with Crippen molar-refractivity contribution < 1.29 is 5.11 Å². The lowest BCUT2D eigenvalue weighted by Gasteiger charge is -2.23. The van der Waals surface area contributed by atoms with Gasteiger partial charge in [0, 0.05) is 11.4 Å². The predicted octanol–water partition coefficient (Wildman–Crippen LogP) is 2.25. The van der Waals surface area contributed by atoms with Crippen molar-refractivity contribution in [1.82, 2.24) is 9.97 Å². The van der Waals surface area contributed by atoms with Crippen LogP contribution in [-0.2, 0) is 0 Å². The molecule has 0 saturated heterocycles. The van der Waals surface area contributed by atoms with E-state index in [1.54, 1.807) is 11.3 Å². The summed E-state index contributed by atoms with van der Waals surface area (Å²) < 4.78 is 0. The molecule has 2 aromatic heterocycles. The molecule has 2 aromatic rings. The number of aromatic nitrogens is 2. The fraction of sp³-hybridized carbons (Fsp3) is 0.538. The Labute approximate surface area is 122 Å². The molecule has 2 rings (SSSR count). The Morgan fingerprint density at radius 2 is 2.20 bits per heavy atom. The number of fused-ring (bicyclic) bond motifs is 1. The van der Waals surface area contributed by atoms with E-state index in [-0.39, 0.29) is 0 Å². The Bertz CT molecular complexity index is 596. The quantitative estimate of drug-likeness (QED) is 0.482. The lowest BCUT2D eigenvalue weighted by atomic mass is 10.0. The van der Waals surface area contributed by atoms with Gasteiger partial charge >= 0.3 is 0 Å². The van der Waals surface area contributed by atoms with Crippen LogP contribution in [0.1, 0.15) is 31.6 Å². The summed E-state index contributed by atoms with van der Waals surface area (Å²) in [6.45, 7) is 6.34. The molecule has 0 spiro atoms. The second-order valence-electron chi connectivity index (χ2n) is 5.22. The van der Waals surface area contributed by atoms with Gasteiger partial charge in [-0.3, -0.25) is 5.43 Å². The molecule has 0 aromatic carbocycles. The number of aliphatic hydroxyl groups is 1. The molecule has 7 heteroatoms. The fourth-order valence-electron chi connectivity index (χ4n) is 2.14. The second-order valence-corrected chi connectivity index (χ2v) is 6.45. The van der Waals surface area contributed by atoms with Gasteiger partial charge in [-0.05, 0) is 26.3 Å². The van der Waals surface area contributed by atoms with Crippen LogP contribution < -0.4 is 16.6 Å². The van der Waals surface area contributed by atoms with Gasteiger partial charge in [0.2, 0.25) is 5.95 Å². The summed E-state index contributed by atoms with van der Waals surface area (Å²) >= 11 is 1.59. The van der Waals surface area contributed by atoms with E-state index in [2.05, 4.69) is 27.6 Å². The van der Waals surface area contributed by atoms with Crippen molar-refractivity contribution in [3.63, 3.8) is 0 Å². The van der Waals surface area contributed by atoms with Gasteiger partial charge in [0.15, 0.2) is 0 Å². The number of hydrogen-bond donors (Lipinski definition) is 4. The number of nitrogens with two attached hydrogens (primary N) is 1. The molecule has 0 amide bonds. The fourth-order valence-corrected chi connectivity index (χ4v) is 3.02. The maximum absolute atomic E-state index is 10.2. The zero-order valence-corrected chi connectivity index (χ0v) is 12.8. The first-order valence-electron chi connectivity index (χ1n) is 6.66. The molecule has 0 aliphatic heterocycles. The molecule has 0 aliphatic rings. The highest BCUT2D eigenvalue weighted by molar-refractivity contribution is 7.18. The monoisotopic (exact) mass is 295 g/mol. The zero-order chi connectivity index (χ0) is 14.8. The van der Waals surface area contributed by atoms with Crippen LogP contribution >= 0.6 is 11.3 Å². The van der Waals surface area contributed by atoms with Crippen molar-refractivity contribution in [1.29, 1.82) is 0 Å². The van der Waals surface area contributed by atoms with E-state index < -0.39 is 5.60 Å². The Morgan fingerprint density at radius 1 is 1.45 bits per heavy atom. The van der Waals surface area contributed by atoms with Crippen LogP contribution in [0.15, 0.2) is 6.07 Å². The Kier molecular flexibility index (Phi) is 4.42. The van der Waals surface area contributed by atoms with Gasteiger partial charge in [-0.2, -0.15) is 4.98 Å². The number of aryl methyl sites for hydroxylation is 1. The highest BCUT2D eigenvalue weighted by Gasteiger charge is 2.20. The summed E-state index contributed by atoms with van der Waals surface area (Å²) in [5, 5.41) is 14.4. The third-order valence-corrected chi connectivity index (χ3v) is 4.01. The first-order valence-corrected chi connectivity index (χ1v) is 7.48. The first kappa shape index (κ1) is 15.0. The van der Waals surface area contributed by atoms with E-state index in [0.717, 1.165) is 27.9 Å². The summed E-state index contributed by atoms with van der Waals surface area (Å²) in [6.07, 6.45) is 1.67. The number of thiophene rings is 1. The second kappa shape index (κ2) is 5.90. The molecule has 1 atom stereocenters. The lowest BCUT2D eigenvalue weighted by Crippen LogP contribution is -2.33. The number of nitrogens with one attached hydrogen (secondary N) is 2. The van der Waals surface area contributed by atoms with E-state index >= 15 is 0 Å². The van der Waals surface area contributed by atoms with Gasteiger partial charge in [0.25, 0.3) is 0 Å². The first-order chi connectivity index (χ1) is 9.45. The lowest BCUT2D eigenvalue weighted by molar-refractivity contribution is 0.0636. The van der Waals surface area contributed by atoms with Crippen LogP contribution in [0, 0.1) is 6.92 Å². The summed E-state index contributed by atoms with van der Waals surface area (Å²) in [5.41, 5.74) is 1.72. The standard InChI is InChI=1S/C13H21N5OS/c1-4-5-13(3,19)7-15-10-9-6-8(2)20-11(9)17-12(16-10)18-14/h6,19H,4-5,7,14H2,1-3H3,(H2,15,16,17,18). The van der Waals surface area contributed by atoms with E-state index in [1.165, 1.54) is 0 Å². The highest BCUT2D eigenvalue weighted by atomic mass is 32.1. The van der Waals surface area contributed by atoms with Crippen molar-refractivity contribution >= 4 is 33.3 Å². The number of hydrogen-bond acceptors (Lipinski definition) is 7. The molecule has 1 unspecified atom stereocenters. The van der Waals surface area contributed by atoms with Crippen molar-refractivity contribution in [2.45, 2.75) is 39.2 Å². The van der Waals surface area contributed by atoms with Crippen molar-refractivity contribution in [2.24, 2.45) is 5.84 Å². The van der Waals surface area contributed by atoms with E-state index in [9.17, 15) is 5.11 Å². The minimum absolute atomic E-state index is 0.372. The van der Waals surface area contributed by atoms with Gasteiger partial charge in [-0.15, -0.1) is 11.3 Å². The Morgan fingerprint density at radius 3 is 2.85 bits per heavy atom. The minimum Gasteiger partial charge on any atom is -0.388 e. The molecule has 2 heterocycles. The SMILES string of the molecule is CCCC(C)(O)CNc1nc(NN)nc2sc(C)cc12. The summed E-state index contributed by atoms with van der Waals surface area (Å²) in [7, 11) is 0. The molecule has 0 fully saturated rings. The van der Waals surface area contributed by atoms with E-state index in [1.807, 2.05) is 19.9 Å². The van der Waals surface area contributed by atoms with Gasteiger partial charge in [-0.25, -0.2) is 10.8 Å². The molecular formula is C13H21N5OS. The van der Waals surface area contributed by atoms with Crippen LogP contribution in [0.5, 0.6) is 0 Å². The summed E-state index contributed by atoms with van der Waals surface area (Å²) in [4.78, 5) is 10.7. The maximum Gasteiger partial charge on any atom is 0.240 e. The molecule has 20 heavy (non-hydrogen) atoms. The van der Waals surface area contributed by atoms with E-state index in [0.29, 0.717) is 18.3 Å². The minimum atomic E-state index is -0.757. The van der Waals surface area contributed by atoms with Gasteiger partial charge in [-0.1, -0.05) is 13.3 Å². The zero-order valence-electron chi connectivity index (χ0n) is 12.0. The smallest absolute Gasteiger partial charge is 0.240 e. The summed E-state index contributed by atoms with van der Waals surface area (Å²) in [6, 6.07) is 2.04. The molecule has 0 saturated carbocycles. The van der Waals surface area contributed by atoms with Crippen molar-refractivity contribution in [2.75, 3.05) is 17.3 Å². The average Bonchev–Trinajstić information content (AvgIpc) is 2.76. The number of anilines is 2. The highest BCUT2D eigenvalue weighted by Crippen LogP contribution is 2.29. The largest absolute Gasteiger partial charge is 0.388 e. The molecule has 0 aliphatic carbocycles. The van der Waals surface area contributed by atoms with Crippen molar-refractivity contribution in [3.8, 4) is 0 Å². The van der Waals surface area contributed by atoms with Crippen LogP contribution in [0.4, 0.5) is 11.8 Å². The topological polar surface area (TPSA) is 96.1 Å². The number of nitrogens with zero attached hydrogens (tertiary/aromatic N) is 2. The molecule has 0 bridgehead atoms. The van der Waals surface area contributed by atoms with Crippen LogP contribution in [-0.4, -0.2) is 27.2 Å². The number of rotatable bonds is 6. The van der Waals surface area contributed by atoms with Crippen LogP contribution in [0.2, 0.25) is 0 Å². The van der Waals surface area contributed by atoms with Crippen molar-refractivity contribution in [3.05, 3.63) is 10.9 Å². The summed E-state index contributed by atoms with van der Waals surface area (Å²) in [5.74, 6) is 6.47. The van der Waals surface area contributed by atoms with Gasteiger partial charge in [0.05, 0.1) is 11.0 Å². The molecule has 0 radical (unpaired) electrons. The Balaban J connectivity index is 2.28. The molecule has 110 valence electrons. The molecular weight excluding hydrogens is 274 g/mol. The number of hydrazine groups is 1. The van der Waals surface area contributed by atoms with E-state index in [4.69, 9.17) is 5.84 Å². The third-order valence-electron chi connectivity index (χ3n) is 3.07. The predicted molar refractivity (Wildman–Crippen MR) is 84.0 cm³/mol. The maximum atomic E-state index is 10.2. The molecule has 5 N–H and O–H groups in total. The number of nitrogen functional groups attached to an aromatic ring is 1.